The quantitative estimate of drug-likeness (QED) is 0.208. The lowest BCUT2D eigenvalue weighted by atomic mass is 9.76. The fourth-order valence-electron chi connectivity index (χ4n) is 7.84. The van der Waals surface area contributed by atoms with Crippen LogP contribution in [-0.4, -0.2) is 62.3 Å². The highest BCUT2D eigenvalue weighted by Gasteiger charge is 2.73. The summed E-state index contributed by atoms with van der Waals surface area (Å²) in [6, 6.07) is 6.81. The molecule has 5 rings (SSSR count). The summed E-state index contributed by atoms with van der Waals surface area (Å²) in [5.74, 6) is -3.32. The van der Waals surface area contributed by atoms with Gasteiger partial charge in [-0.1, -0.05) is 50.5 Å². The van der Waals surface area contributed by atoms with Crippen LogP contribution in [0.25, 0.3) is 0 Å². The Bertz CT molecular complexity index is 1630. The van der Waals surface area contributed by atoms with E-state index < -0.39 is 86.2 Å². The van der Waals surface area contributed by atoms with Gasteiger partial charge in [0.25, 0.3) is 5.60 Å². The summed E-state index contributed by atoms with van der Waals surface area (Å²) in [7, 11) is -4.54. The van der Waals surface area contributed by atoms with E-state index in [0.717, 1.165) is 42.8 Å². The van der Waals surface area contributed by atoms with Crippen molar-refractivity contribution in [3.8, 4) is 0 Å². The van der Waals surface area contributed by atoms with Crippen molar-refractivity contribution < 1.29 is 58.6 Å². The van der Waals surface area contributed by atoms with E-state index in [1.807, 2.05) is 0 Å². The Kier molecular flexibility index (Phi) is 10.5. The molecular weight excluding hydrogens is 695 g/mol. The zero-order valence-corrected chi connectivity index (χ0v) is 28.3. The monoisotopic (exact) mass is 735 g/mol. The first kappa shape index (κ1) is 38.0. The number of rotatable bonds is 9. The summed E-state index contributed by atoms with van der Waals surface area (Å²) in [4.78, 5) is 26.0. The molecule has 1 unspecified atom stereocenters. The predicted molar refractivity (Wildman–Crippen MR) is 167 cm³/mol. The number of amides is 1. The van der Waals surface area contributed by atoms with Gasteiger partial charge in [-0.25, -0.2) is 12.8 Å². The highest BCUT2D eigenvalue weighted by Crippen LogP contribution is 2.55. The lowest BCUT2D eigenvalue weighted by Crippen LogP contribution is -2.57. The maximum absolute atomic E-state index is 14.7. The van der Waals surface area contributed by atoms with Crippen LogP contribution >= 0.6 is 0 Å². The second-order valence-electron chi connectivity index (χ2n) is 14.3. The van der Waals surface area contributed by atoms with Crippen LogP contribution in [0.1, 0.15) is 82.3 Å². The second kappa shape index (κ2) is 13.7. The molecule has 0 bridgehead atoms. The van der Waals surface area contributed by atoms with E-state index in [4.69, 9.17) is 4.74 Å². The molecule has 1 aliphatic heterocycles. The average Bonchev–Trinajstić information content (AvgIpc) is 3.52. The topological polar surface area (TPSA) is 101 Å². The van der Waals surface area contributed by atoms with Gasteiger partial charge in [-0.2, -0.15) is 26.3 Å². The van der Waals surface area contributed by atoms with Crippen LogP contribution in [0, 0.1) is 23.1 Å². The normalized spacial score (nSPS) is 25.0. The number of sulfone groups is 1. The minimum atomic E-state index is -5.94. The van der Waals surface area contributed by atoms with E-state index in [1.54, 1.807) is 6.92 Å². The molecule has 3 fully saturated rings. The van der Waals surface area contributed by atoms with Crippen molar-refractivity contribution in [1.29, 1.82) is 0 Å². The van der Waals surface area contributed by atoms with E-state index in [1.165, 1.54) is 4.90 Å². The van der Waals surface area contributed by atoms with Gasteiger partial charge in [0.2, 0.25) is 5.91 Å². The van der Waals surface area contributed by atoms with Crippen molar-refractivity contribution in [3.05, 3.63) is 65.5 Å². The van der Waals surface area contributed by atoms with Crippen LogP contribution in [0.5, 0.6) is 0 Å². The molecule has 0 aromatic heterocycles. The standard InChI is InChI=1S/C35H40F7NO6S/c1-31(17-3-2-4-18-31)22-49-33(34(37,38)39,35(40,41)42)26-11-9-25(10-12-26)32(50(47,48)28-15-13-27(36)14-16-28)19-20-43(21-32)29(44)23-5-7-24(8-6-23)30(45)46/h9-16,23-24H,2-8,17-22H2,1H3,(H,45,46). The molecule has 1 atom stereocenters. The zero-order valence-electron chi connectivity index (χ0n) is 27.5. The molecule has 0 spiro atoms. The molecule has 2 aromatic carbocycles. The van der Waals surface area contributed by atoms with Crippen LogP contribution < -0.4 is 0 Å². The molecule has 15 heteroatoms. The molecule has 276 valence electrons. The van der Waals surface area contributed by atoms with Crippen molar-refractivity contribution in [2.24, 2.45) is 17.3 Å². The molecule has 1 N–H and O–H groups in total. The summed E-state index contributed by atoms with van der Waals surface area (Å²) >= 11 is 0. The summed E-state index contributed by atoms with van der Waals surface area (Å²) in [6.07, 6.45) is -8.20. The molecule has 1 heterocycles. The average molecular weight is 736 g/mol. The Labute approximate surface area is 286 Å². The van der Waals surface area contributed by atoms with Gasteiger partial charge in [0, 0.05) is 24.6 Å². The molecule has 2 saturated carbocycles. The lowest BCUT2D eigenvalue weighted by Gasteiger charge is -2.41. The zero-order chi connectivity index (χ0) is 36.8. The fraction of sp³-hybridized carbons (Fsp3) is 0.600. The first-order valence-electron chi connectivity index (χ1n) is 16.7. The molecule has 7 nitrogen and oxygen atoms in total. The third-order valence-electron chi connectivity index (χ3n) is 10.9. The van der Waals surface area contributed by atoms with Gasteiger partial charge in [0.05, 0.1) is 17.4 Å². The van der Waals surface area contributed by atoms with Gasteiger partial charge >= 0.3 is 18.3 Å². The molecule has 1 saturated heterocycles. The molecule has 0 radical (unpaired) electrons. The first-order chi connectivity index (χ1) is 23.3. The first-order valence-corrected chi connectivity index (χ1v) is 18.1. The number of alkyl halides is 6. The largest absolute Gasteiger partial charge is 0.481 e. The van der Waals surface area contributed by atoms with Crippen molar-refractivity contribution in [2.75, 3.05) is 19.7 Å². The lowest BCUT2D eigenvalue weighted by molar-refractivity contribution is -0.393. The molecule has 2 aromatic rings. The van der Waals surface area contributed by atoms with E-state index in [-0.39, 0.29) is 49.1 Å². The number of hydrogen-bond donors (Lipinski definition) is 1. The highest BCUT2D eigenvalue weighted by atomic mass is 32.2. The van der Waals surface area contributed by atoms with E-state index in [0.29, 0.717) is 37.8 Å². The van der Waals surface area contributed by atoms with Crippen LogP contribution in [-0.2, 0) is 34.5 Å². The van der Waals surface area contributed by atoms with Crippen LogP contribution in [0.4, 0.5) is 30.7 Å². The third kappa shape index (κ3) is 6.88. The Balaban J connectivity index is 1.54. The number of nitrogens with zero attached hydrogens (tertiary/aromatic N) is 1. The minimum Gasteiger partial charge on any atom is -0.481 e. The number of ether oxygens (including phenoxy) is 1. The number of carbonyl (C=O) groups excluding carboxylic acids is 1. The number of carboxylic acid groups (broad SMARTS) is 1. The number of benzene rings is 2. The van der Waals surface area contributed by atoms with E-state index in [2.05, 4.69) is 0 Å². The summed E-state index contributed by atoms with van der Waals surface area (Å²) in [6.45, 7) is 0.225. The predicted octanol–water partition coefficient (Wildman–Crippen LogP) is 7.93. The maximum Gasteiger partial charge on any atom is 0.430 e. The fourth-order valence-corrected chi connectivity index (χ4v) is 9.92. The minimum absolute atomic E-state index is 0.101. The Morgan fingerprint density at radius 3 is 1.90 bits per heavy atom. The summed E-state index contributed by atoms with van der Waals surface area (Å²) in [5, 5.41) is 9.33. The molecule has 2 aliphatic carbocycles. The number of carboxylic acids is 1. The van der Waals surface area contributed by atoms with Gasteiger partial charge in [-0.3, -0.25) is 9.59 Å². The van der Waals surface area contributed by atoms with Crippen molar-refractivity contribution in [1.82, 2.24) is 4.90 Å². The van der Waals surface area contributed by atoms with Gasteiger partial charge < -0.3 is 14.7 Å². The number of hydrogen-bond acceptors (Lipinski definition) is 5. The Morgan fingerprint density at radius 1 is 0.840 bits per heavy atom. The van der Waals surface area contributed by atoms with Gasteiger partial charge in [-0.15, -0.1) is 0 Å². The Hall–Kier alpha value is -3.20. The van der Waals surface area contributed by atoms with E-state index >= 15 is 0 Å². The highest BCUT2D eigenvalue weighted by molar-refractivity contribution is 7.92. The van der Waals surface area contributed by atoms with E-state index in [9.17, 15) is 53.8 Å². The summed E-state index contributed by atoms with van der Waals surface area (Å²) < 4.78 is 134. The van der Waals surface area contributed by atoms with Gasteiger partial charge in [0.15, 0.2) is 9.84 Å². The molecule has 50 heavy (non-hydrogen) atoms. The van der Waals surface area contributed by atoms with Crippen molar-refractivity contribution in [2.45, 2.75) is 98.7 Å². The van der Waals surface area contributed by atoms with Gasteiger partial charge in [-0.05, 0) is 80.2 Å². The number of carbonyl (C=O) groups is 2. The molecule has 1 amide bonds. The van der Waals surface area contributed by atoms with Crippen LogP contribution in [0.15, 0.2) is 53.4 Å². The number of likely N-dealkylation sites (tertiary alicyclic amines) is 1. The Morgan fingerprint density at radius 2 is 1.38 bits per heavy atom. The SMILES string of the molecule is CC1(COC(c2ccc(C3(S(=O)(=O)c4ccc(F)cc4)CCN(C(=O)C4CCC(C(=O)O)CC4)C3)cc2)(C(F)(F)F)C(F)(F)F)CCCCC1. The number of aliphatic carboxylic acids is 1. The molecule has 3 aliphatic rings. The van der Waals surface area contributed by atoms with Crippen LogP contribution in [0.3, 0.4) is 0 Å². The number of halogens is 7. The smallest absolute Gasteiger partial charge is 0.430 e. The van der Waals surface area contributed by atoms with Crippen molar-refractivity contribution in [3.63, 3.8) is 0 Å². The second-order valence-corrected chi connectivity index (χ2v) is 16.5. The van der Waals surface area contributed by atoms with Crippen LogP contribution in [0.2, 0.25) is 0 Å². The maximum atomic E-state index is 14.7. The van der Waals surface area contributed by atoms with Gasteiger partial charge in [0.1, 0.15) is 10.6 Å². The van der Waals surface area contributed by atoms with Crippen molar-refractivity contribution >= 4 is 21.7 Å². The molecular formula is C35H40F7NO6S. The third-order valence-corrected chi connectivity index (χ3v) is 13.4. The summed E-state index contributed by atoms with van der Waals surface area (Å²) in [5.41, 5.74) is -7.02.